The number of hydrogen-bond acceptors (Lipinski definition) is 7. The molecular formula is C24H28N4O4S. The number of nitrogens with one attached hydrogen (secondary N) is 1. The molecule has 3 rings (SSSR count). The van der Waals surface area contributed by atoms with E-state index in [1.165, 1.54) is 11.8 Å². The van der Waals surface area contributed by atoms with Gasteiger partial charge in [-0.05, 0) is 69.2 Å². The van der Waals surface area contributed by atoms with Crippen molar-refractivity contribution in [3.05, 3.63) is 65.0 Å². The number of hydrogen-bond donors (Lipinski definition) is 1. The molecule has 174 valence electrons. The third-order valence-electron chi connectivity index (χ3n) is 5.18. The Hall–Kier alpha value is -3.33. The molecule has 33 heavy (non-hydrogen) atoms. The molecule has 1 unspecified atom stereocenters. The summed E-state index contributed by atoms with van der Waals surface area (Å²) < 4.78 is 12.2. The number of carbonyl (C=O) groups excluding carboxylic acids is 2. The molecule has 0 radical (unpaired) electrons. The van der Waals surface area contributed by atoms with Crippen molar-refractivity contribution in [2.45, 2.75) is 44.6 Å². The van der Waals surface area contributed by atoms with Gasteiger partial charge in [0.05, 0.1) is 25.9 Å². The van der Waals surface area contributed by atoms with Crippen molar-refractivity contribution in [3.63, 3.8) is 0 Å². The van der Waals surface area contributed by atoms with Gasteiger partial charge in [0.15, 0.2) is 11.0 Å². The Morgan fingerprint density at radius 2 is 1.85 bits per heavy atom. The summed E-state index contributed by atoms with van der Waals surface area (Å²) in [5.41, 5.74) is 3.58. The van der Waals surface area contributed by atoms with Gasteiger partial charge >= 0.3 is 5.97 Å². The molecule has 1 heterocycles. The second-order valence-electron chi connectivity index (χ2n) is 7.38. The van der Waals surface area contributed by atoms with Crippen LogP contribution in [-0.4, -0.2) is 45.6 Å². The largest absolute Gasteiger partial charge is 0.497 e. The van der Waals surface area contributed by atoms with E-state index in [1.807, 2.05) is 36.6 Å². The zero-order valence-electron chi connectivity index (χ0n) is 19.4. The maximum Gasteiger partial charge on any atom is 0.319 e. The SMILES string of the molecule is CCOC(=O)C(C)Sc1nnc(CNC(=O)c2ccc(OC)cc2)n1-c1cccc(C)c1C. The van der Waals surface area contributed by atoms with Gasteiger partial charge in [-0.2, -0.15) is 0 Å². The summed E-state index contributed by atoms with van der Waals surface area (Å²) in [6.45, 7) is 8.08. The van der Waals surface area contributed by atoms with Crippen LogP contribution in [0.3, 0.4) is 0 Å². The van der Waals surface area contributed by atoms with E-state index in [9.17, 15) is 9.59 Å². The lowest BCUT2D eigenvalue weighted by Gasteiger charge is -2.16. The first-order chi connectivity index (χ1) is 15.8. The van der Waals surface area contributed by atoms with E-state index in [4.69, 9.17) is 9.47 Å². The summed E-state index contributed by atoms with van der Waals surface area (Å²) in [6, 6.07) is 12.8. The van der Waals surface area contributed by atoms with Crippen molar-refractivity contribution < 1.29 is 19.1 Å². The second-order valence-corrected chi connectivity index (χ2v) is 8.68. The van der Waals surface area contributed by atoms with Gasteiger partial charge in [-0.25, -0.2) is 0 Å². The molecule has 1 amide bonds. The maximum absolute atomic E-state index is 12.7. The summed E-state index contributed by atoms with van der Waals surface area (Å²) in [6.07, 6.45) is 0. The number of esters is 1. The molecule has 3 aromatic rings. The summed E-state index contributed by atoms with van der Waals surface area (Å²) in [5, 5.41) is 11.6. The quantitative estimate of drug-likeness (QED) is 0.376. The number of nitrogens with zero attached hydrogens (tertiary/aromatic N) is 3. The Morgan fingerprint density at radius 1 is 1.12 bits per heavy atom. The Labute approximate surface area is 197 Å². The Morgan fingerprint density at radius 3 is 2.52 bits per heavy atom. The third kappa shape index (κ3) is 5.73. The minimum absolute atomic E-state index is 0.166. The molecule has 1 N–H and O–H groups in total. The Kier molecular flexibility index (Phi) is 8.11. The van der Waals surface area contributed by atoms with E-state index in [-0.39, 0.29) is 18.4 Å². The molecule has 2 aromatic carbocycles. The molecule has 9 heteroatoms. The normalized spacial score (nSPS) is 11.7. The standard InChI is InChI=1S/C24H28N4O4S/c1-6-32-23(30)17(4)33-24-27-26-21(28(24)20-9-7-8-15(2)16(20)3)14-25-22(29)18-10-12-19(31-5)13-11-18/h7-13,17H,6,14H2,1-5H3,(H,25,29). The number of carbonyl (C=O) groups is 2. The maximum atomic E-state index is 12.7. The first-order valence-electron chi connectivity index (χ1n) is 10.6. The molecule has 0 fully saturated rings. The van der Waals surface area contributed by atoms with Crippen molar-refractivity contribution in [2.75, 3.05) is 13.7 Å². The van der Waals surface area contributed by atoms with Crippen LogP contribution in [0.25, 0.3) is 5.69 Å². The molecular weight excluding hydrogens is 440 g/mol. The summed E-state index contributed by atoms with van der Waals surface area (Å²) in [4.78, 5) is 24.8. The summed E-state index contributed by atoms with van der Waals surface area (Å²) in [5.74, 6) is 0.692. The lowest BCUT2D eigenvalue weighted by atomic mass is 10.1. The molecule has 8 nitrogen and oxygen atoms in total. The van der Waals surface area contributed by atoms with E-state index in [2.05, 4.69) is 15.5 Å². The molecule has 0 saturated carbocycles. The average Bonchev–Trinajstić information content (AvgIpc) is 3.21. The van der Waals surface area contributed by atoms with Crippen LogP contribution in [0.4, 0.5) is 0 Å². The predicted octanol–water partition coefficient (Wildman–Crippen LogP) is 3.87. The predicted molar refractivity (Wildman–Crippen MR) is 127 cm³/mol. The van der Waals surface area contributed by atoms with Crippen LogP contribution in [0, 0.1) is 13.8 Å². The van der Waals surface area contributed by atoms with Gasteiger partial charge in [-0.1, -0.05) is 23.9 Å². The highest BCUT2D eigenvalue weighted by atomic mass is 32.2. The smallest absolute Gasteiger partial charge is 0.319 e. The lowest BCUT2D eigenvalue weighted by Crippen LogP contribution is -2.25. The number of aromatic nitrogens is 3. The number of amides is 1. The van der Waals surface area contributed by atoms with Gasteiger partial charge in [0.1, 0.15) is 11.0 Å². The number of rotatable bonds is 9. The lowest BCUT2D eigenvalue weighted by molar-refractivity contribution is -0.142. The minimum Gasteiger partial charge on any atom is -0.497 e. The number of methoxy groups -OCH3 is 1. The highest BCUT2D eigenvalue weighted by molar-refractivity contribution is 8.00. The molecule has 0 aliphatic heterocycles. The summed E-state index contributed by atoms with van der Waals surface area (Å²) >= 11 is 1.27. The number of aryl methyl sites for hydroxylation is 1. The van der Waals surface area contributed by atoms with Gasteiger partial charge in [-0.15, -0.1) is 10.2 Å². The van der Waals surface area contributed by atoms with Gasteiger partial charge < -0.3 is 14.8 Å². The molecule has 0 aliphatic rings. The van der Waals surface area contributed by atoms with Crippen LogP contribution in [0.15, 0.2) is 47.6 Å². The van der Waals surface area contributed by atoms with Crippen molar-refractivity contribution in [1.29, 1.82) is 0 Å². The highest BCUT2D eigenvalue weighted by Gasteiger charge is 2.23. The Balaban J connectivity index is 1.89. The van der Waals surface area contributed by atoms with E-state index in [0.29, 0.717) is 28.9 Å². The van der Waals surface area contributed by atoms with Crippen LogP contribution in [-0.2, 0) is 16.1 Å². The fourth-order valence-electron chi connectivity index (χ4n) is 3.18. The van der Waals surface area contributed by atoms with E-state index in [1.54, 1.807) is 45.2 Å². The second kappa shape index (κ2) is 11.0. The fourth-order valence-corrected chi connectivity index (χ4v) is 4.06. The molecule has 0 aliphatic carbocycles. The summed E-state index contributed by atoms with van der Waals surface area (Å²) in [7, 11) is 1.58. The van der Waals surface area contributed by atoms with Crippen LogP contribution in [0.1, 0.15) is 41.2 Å². The van der Waals surface area contributed by atoms with Gasteiger partial charge in [0.25, 0.3) is 5.91 Å². The monoisotopic (exact) mass is 468 g/mol. The van der Waals surface area contributed by atoms with Crippen LogP contribution in [0.5, 0.6) is 5.75 Å². The highest BCUT2D eigenvalue weighted by Crippen LogP contribution is 2.28. The van der Waals surface area contributed by atoms with E-state index in [0.717, 1.165) is 16.8 Å². The number of benzene rings is 2. The van der Waals surface area contributed by atoms with Crippen molar-refractivity contribution in [1.82, 2.24) is 20.1 Å². The van der Waals surface area contributed by atoms with Crippen LogP contribution >= 0.6 is 11.8 Å². The van der Waals surface area contributed by atoms with E-state index >= 15 is 0 Å². The first-order valence-corrected chi connectivity index (χ1v) is 11.5. The van der Waals surface area contributed by atoms with Gasteiger partial charge in [-0.3, -0.25) is 14.2 Å². The first kappa shape index (κ1) is 24.3. The van der Waals surface area contributed by atoms with Crippen molar-refractivity contribution >= 4 is 23.6 Å². The number of ether oxygens (including phenoxy) is 2. The molecule has 1 aromatic heterocycles. The molecule has 1 atom stereocenters. The topological polar surface area (TPSA) is 95.3 Å². The molecule has 0 bridgehead atoms. The average molecular weight is 469 g/mol. The molecule has 0 saturated heterocycles. The Bertz CT molecular complexity index is 1130. The van der Waals surface area contributed by atoms with Crippen LogP contribution < -0.4 is 10.1 Å². The third-order valence-corrected chi connectivity index (χ3v) is 6.20. The zero-order valence-corrected chi connectivity index (χ0v) is 20.2. The van der Waals surface area contributed by atoms with Crippen LogP contribution in [0.2, 0.25) is 0 Å². The molecule has 0 spiro atoms. The van der Waals surface area contributed by atoms with Crippen molar-refractivity contribution in [2.24, 2.45) is 0 Å². The minimum atomic E-state index is -0.459. The van der Waals surface area contributed by atoms with Gasteiger partial charge in [0.2, 0.25) is 0 Å². The number of thioether (sulfide) groups is 1. The van der Waals surface area contributed by atoms with E-state index < -0.39 is 5.25 Å². The van der Waals surface area contributed by atoms with Gasteiger partial charge in [0, 0.05) is 5.56 Å². The van der Waals surface area contributed by atoms with Crippen molar-refractivity contribution in [3.8, 4) is 11.4 Å². The fraction of sp³-hybridized carbons (Fsp3) is 0.333. The zero-order chi connectivity index (χ0) is 24.0.